The molecule has 0 saturated heterocycles. The highest BCUT2D eigenvalue weighted by Crippen LogP contribution is 2.35. The number of methoxy groups -OCH3 is 1. The van der Waals surface area contributed by atoms with Crippen LogP contribution in [0.5, 0.6) is 5.75 Å². The molecule has 0 bridgehead atoms. The normalized spacial score (nSPS) is 11.1. The number of carbonyl (C=O) groups is 1. The zero-order valence-electron chi connectivity index (χ0n) is 20.9. The van der Waals surface area contributed by atoms with Crippen molar-refractivity contribution in [3.05, 3.63) is 113 Å². The Balaban J connectivity index is 1.54. The molecule has 0 saturated carbocycles. The monoisotopic (exact) mass is 566 g/mol. The van der Waals surface area contributed by atoms with E-state index in [4.69, 9.17) is 16.3 Å². The number of hydrogen-bond donors (Lipinski definition) is 1. The second-order valence-corrected chi connectivity index (χ2v) is 11.8. The van der Waals surface area contributed by atoms with Crippen molar-refractivity contribution in [3.8, 4) is 5.75 Å². The second-order valence-electron chi connectivity index (χ2n) is 8.49. The second kappa shape index (κ2) is 12.4. The molecule has 0 fully saturated rings. The van der Waals surface area contributed by atoms with Gasteiger partial charge in [-0.3, -0.25) is 9.10 Å². The summed E-state index contributed by atoms with van der Waals surface area (Å²) in [5, 5.41) is 3.12. The minimum Gasteiger partial charge on any atom is -0.495 e. The summed E-state index contributed by atoms with van der Waals surface area (Å²) >= 11 is 7.92. The van der Waals surface area contributed by atoms with Crippen molar-refractivity contribution < 1.29 is 17.9 Å². The Morgan fingerprint density at radius 2 is 1.63 bits per heavy atom. The van der Waals surface area contributed by atoms with Gasteiger partial charge in [0.15, 0.2) is 0 Å². The van der Waals surface area contributed by atoms with E-state index in [9.17, 15) is 13.2 Å². The van der Waals surface area contributed by atoms with Crippen LogP contribution in [0, 0.1) is 6.92 Å². The van der Waals surface area contributed by atoms with Crippen LogP contribution in [0.3, 0.4) is 0 Å². The first-order valence-corrected chi connectivity index (χ1v) is 14.6. The number of anilines is 2. The average Bonchev–Trinajstić information content (AvgIpc) is 2.92. The van der Waals surface area contributed by atoms with E-state index in [-0.39, 0.29) is 16.3 Å². The Labute approximate surface area is 232 Å². The van der Waals surface area contributed by atoms with Crippen molar-refractivity contribution >= 4 is 50.7 Å². The molecular formula is C29H27ClN2O4S2. The topological polar surface area (TPSA) is 75.7 Å². The molecule has 4 aromatic carbocycles. The van der Waals surface area contributed by atoms with Crippen molar-refractivity contribution in [2.75, 3.05) is 23.3 Å². The molecule has 38 heavy (non-hydrogen) atoms. The number of hydrogen-bond acceptors (Lipinski definition) is 5. The summed E-state index contributed by atoms with van der Waals surface area (Å²) in [4.78, 5) is 14.3. The Morgan fingerprint density at radius 3 is 2.29 bits per heavy atom. The number of rotatable bonds is 10. The Bertz CT molecular complexity index is 1490. The van der Waals surface area contributed by atoms with Crippen molar-refractivity contribution in [2.24, 2.45) is 0 Å². The van der Waals surface area contributed by atoms with Crippen molar-refractivity contribution in [2.45, 2.75) is 22.5 Å². The molecule has 0 aromatic heterocycles. The van der Waals surface area contributed by atoms with Gasteiger partial charge in [0.05, 0.1) is 17.7 Å². The largest absolute Gasteiger partial charge is 0.495 e. The summed E-state index contributed by atoms with van der Waals surface area (Å²) in [5.74, 6) is 0.558. The lowest BCUT2D eigenvalue weighted by molar-refractivity contribution is -0.114. The quantitative estimate of drug-likeness (QED) is 0.214. The Kier molecular flexibility index (Phi) is 8.99. The lowest BCUT2D eigenvalue weighted by Crippen LogP contribution is -2.38. The molecule has 0 aliphatic heterocycles. The van der Waals surface area contributed by atoms with Gasteiger partial charge < -0.3 is 10.1 Å². The van der Waals surface area contributed by atoms with Crippen LogP contribution in [0.15, 0.2) is 107 Å². The molecule has 4 aromatic rings. The summed E-state index contributed by atoms with van der Waals surface area (Å²) in [6.07, 6.45) is 0. The van der Waals surface area contributed by atoms with Crippen LogP contribution in [0.2, 0.25) is 5.02 Å². The lowest BCUT2D eigenvalue weighted by atomic mass is 10.2. The third kappa shape index (κ3) is 6.89. The van der Waals surface area contributed by atoms with Crippen molar-refractivity contribution in [1.29, 1.82) is 0 Å². The number of aryl methyl sites for hydroxylation is 1. The Morgan fingerprint density at radius 1 is 0.947 bits per heavy atom. The Hall–Kier alpha value is -3.46. The number of nitrogens with one attached hydrogen (secondary N) is 1. The van der Waals surface area contributed by atoms with E-state index in [2.05, 4.69) is 17.4 Å². The van der Waals surface area contributed by atoms with Crippen molar-refractivity contribution in [1.82, 2.24) is 0 Å². The molecule has 9 heteroatoms. The van der Waals surface area contributed by atoms with Gasteiger partial charge in [-0.25, -0.2) is 8.42 Å². The van der Waals surface area contributed by atoms with Gasteiger partial charge in [0.25, 0.3) is 10.0 Å². The molecular weight excluding hydrogens is 540 g/mol. The minimum atomic E-state index is -4.12. The number of halogens is 1. The van der Waals surface area contributed by atoms with E-state index in [0.29, 0.717) is 10.7 Å². The van der Waals surface area contributed by atoms with Gasteiger partial charge in [0.2, 0.25) is 5.91 Å². The molecule has 1 N–H and O–H groups in total. The number of amides is 1. The van der Waals surface area contributed by atoms with Gasteiger partial charge in [0.1, 0.15) is 12.3 Å². The van der Waals surface area contributed by atoms with Crippen LogP contribution >= 0.6 is 23.4 Å². The first-order chi connectivity index (χ1) is 18.3. The fourth-order valence-electron chi connectivity index (χ4n) is 3.69. The van der Waals surface area contributed by atoms with E-state index < -0.39 is 22.5 Å². The highest BCUT2D eigenvalue weighted by Gasteiger charge is 2.29. The molecule has 0 spiro atoms. The number of nitrogens with zero attached hydrogens (tertiary/aromatic N) is 1. The highest BCUT2D eigenvalue weighted by atomic mass is 35.5. The van der Waals surface area contributed by atoms with Crippen LogP contribution in [-0.2, 0) is 20.6 Å². The van der Waals surface area contributed by atoms with Gasteiger partial charge in [-0.05, 0) is 67.1 Å². The zero-order chi connectivity index (χ0) is 27.1. The molecule has 6 nitrogen and oxygen atoms in total. The van der Waals surface area contributed by atoms with Crippen LogP contribution in [-0.4, -0.2) is 28.0 Å². The van der Waals surface area contributed by atoms with Gasteiger partial charge in [0, 0.05) is 21.4 Å². The fourth-order valence-corrected chi connectivity index (χ4v) is 6.16. The van der Waals surface area contributed by atoms with Crippen LogP contribution < -0.4 is 14.4 Å². The molecule has 196 valence electrons. The number of benzene rings is 4. The SMILES string of the molecule is COc1ccc(Cl)cc1N(CC(=O)Nc1ccc(CSc2ccccc2)cc1)S(=O)(=O)c1ccc(C)cc1. The van der Waals surface area contributed by atoms with Gasteiger partial charge in [-0.2, -0.15) is 0 Å². The van der Waals surface area contributed by atoms with E-state index in [0.717, 1.165) is 21.2 Å². The van der Waals surface area contributed by atoms with E-state index in [1.54, 1.807) is 48.2 Å². The summed E-state index contributed by atoms with van der Waals surface area (Å²) < 4.78 is 33.8. The third-order valence-corrected chi connectivity index (χ3v) is 8.78. The number of carbonyl (C=O) groups excluding carboxylic acids is 1. The van der Waals surface area contributed by atoms with Gasteiger partial charge >= 0.3 is 0 Å². The molecule has 0 aliphatic rings. The lowest BCUT2D eigenvalue weighted by Gasteiger charge is -2.26. The summed E-state index contributed by atoms with van der Waals surface area (Å²) in [5.41, 5.74) is 2.75. The standard InChI is InChI=1S/C29H27ClN2O4S2/c1-21-8-15-26(16-9-21)38(34,35)32(27-18-23(30)12-17-28(27)36-2)19-29(33)31-24-13-10-22(11-14-24)20-37-25-6-4-3-5-7-25/h3-18H,19-20H2,1-2H3,(H,31,33). The predicted octanol–water partition coefficient (Wildman–Crippen LogP) is 6.78. The van der Waals surface area contributed by atoms with Crippen LogP contribution in [0.25, 0.3) is 0 Å². The van der Waals surface area contributed by atoms with Crippen LogP contribution in [0.4, 0.5) is 11.4 Å². The van der Waals surface area contributed by atoms with E-state index in [1.165, 1.54) is 30.2 Å². The summed E-state index contributed by atoms with van der Waals surface area (Å²) in [6, 6.07) is 28.7. The maximum atomic E-state index is 13.7. The maximum Gasteiger partial charge on any atom is 0.264 e. The van der Waals surface area contributed by atoms with E-state index in [1.807, 2.05) is 37.3 Å². The maximum absolute atomic E-state index is 13.7. The predicted molar refractivity (Wildman–Crippen MR) is 155 cm³/mol. The number of sulfonamides is 1. The first-order valence-electron chi connectivity index (χ1n) is 11.8. The molecule has 0 radical (unpaired) electrons. The van der Waals surface area contributed by atoms with Crippen molar-refractivity contribution in [3.63, 3.8) is 0 Å². The first kappa shape index (κ1) is 27.6. The molecule has 0 aliphatic carbocycles. The molecule has 1 amide bonds. The average molecular weight is 567 g/mol. The van der Waals surface area contributed by atoms with Gasteiger partial charge in [-0.15, -0.1) is 11.8 Å². The highest BCUT2D eigenvalue weighted by molar-refractivity contribution is 7.98. The summed E-state index contributed by atoms with van der Waals surface area (Å²) in [7, 11) is -2.69. The molecule has 0 unspecified atom stereocenters. The van der Waals surface area contributed by atoms with E-state index >= 15 is 0 Å². The van der Waals surface area contributed by atoms with Crippen LogP contribution in [0.1, 0.15) is 11.1 Å². The zero-order valence-corrected chi connectivity index (χ0v) is 23.3. The molecule has 4 rings (SSSR count). The minimum absolute atomic E-state index is 0.0539. The number of thioether (sulfide) groups is 1. The summed E-state index contributed by atoms with van der Waals surface area (Å²) in [6.45, 7) is 1.39. The van der Waals surface area contributed by atoms with Gasteiger partial charge in [-0.1, -0.05) is 59.6 Å². The fraction of sp³-hybridized carbons (Fsp3) is 0.138. The molecule has 0 atom stereocenters. The number of ether oxygens (including phenoxy) is 1. The smallest absolute Gasteiger partial charge is 0.264 e. The molecule has 0 heterocycles. The third-order valence-electron chi connectivity index (χ3n) is 5.69.